The van der Waals surface area contributed by atoms with E-state index in [9.17, 15) is 4.79 Å². The van der Waals surface area contributed by atoms with E-state index in [0.717, 1.165) is 16.5 Å². The Hall–Kier alpha value is -0.631. The molecule has 0 radical (unpaired) electrons. The molecule has 3 heteroatoms. The van der Waals surface area contributed by atoms with Gasteiger partial charge in [-0.1, -0.05) is 13.3 Å². The van der Waals surface area contributed by atoms with Crippen LogP contribution in [0.5, 0.6) is 0 Å². The van der Waals surface area contributed by atoms with Crippen molar-refractivity contribution in [3.63, 3.8) is 0 Å². The standard InChI is InChI=1S/C9H11O.C5H4Br.Fe/c1-3-8-4-5-9(6-8)7(2)10;6-5-3-1-2-4-5;/h4-6H,3H2,1-2H3;1-4H;/q-1;-5;. The second kappa shape index (κ2) is 8.46. The third-order valence-electron chi connectivity index (χ3n) is 2.25. The molecular formula is C14H15BrFeO-6. The fourth-order valence-electron chi connectivity index (χ4n) is 1.28. The molecule has 2 rings (SSSR count). The Bertz CT molecular complexity index is 429. The van der Waals surface area contributed by atoms with Crippen LogP contribution in [0, 0.1) is 0 Å². The van der Waals surface area contributed by atoms with E-state index in [1.165, 1.54) is 5.56 Å². The Labute approximate surface area is 122 Å². The Kier molecular flexibility index (Phi) is 8.15. The van der Waals surface area contributed by atoms with E-state index in [2.05, 4.69) is 22.9 Å². The Morgan fingerprint density at radius 2 is 2.00 bits per heavy atom. The molecule has 2 aromatic rings. The zero-order valence-corrected chi connectivity index (χ0v) is 12.6. The number of carbonyl (C=O) groups excluding carboxylic acids is 1. The van der Waals surface area contributed by atoms with Crippen molar-refractivity contribution in [2.75, 3.05) is 0 Å². The van der Waals surface area contributed by atoms with Crippen molar-refractivity contribution in [2.45, 2.75) is 20.3 Å². The molecule has 0 heterocycles. The molecule has 0 aliphatic rings. The molecule has 0 atom stereocenters. The number of hydrogen-bond donors (Lipinski definition) is 0. The second-order valence-corrected chi connectivity index (χ2v) is 4.44. The maximum absolute atomic E-state index is 10.8. The molecule has 0 saturated carbocycles. The summed E-state index contributed by atoms with van der Waals surface area (Å²) in [7, 11) is 0. The van der Waals surface area contributed by atoms with E-state index >= 15 is 0 Å². The summed E-state index contributed by atoms with van der Waals surface area (Å²) in [5, 5.41) is 0. The zero-order valence-electron chi connectivity index (χ0n) is 9.89. The molecular weight excluding hydrogens is 320 g/mol. The molecule has 0 aliphatic heterocycles. The minimum Gasteiger partial charge on any atom is -0.747 e. The number of ketones is 1. The first kappa shape index (κ1) is 16.4. The molecule has 1 nitrogen and oxygen atoms in total. The molecule has 17 heavy (non-hydrogen) atoms. The summed E-state index contributed by atoms with van der Waals surface area (Å²) < 4.78 is 1.16. The van der Waals surface area contributed by atoms with Gasteiger partial charge in [-0.3, -0.25) is 0 Å². The van der Waals surface area contributed by atoms with Crippen LogP contribution in [-0.4, -0.2) is 5.78 Å². The summed E-state index contributed by atoms with van der Waals surface area (Å²) in [5.74, 6) is 0.153. The number of Topliss-reactive ketones (excluding diaryl/α,β-unsaturated/α-hetero) is 1. The fraction of sp³-hybridized carbons (Fsp3) is 0.214. The molecule has 0 fully saturated rings. The van der Waals surface area contributed by atoms with Gasteiger partial charge in [-0.15, -0.1) is 5.56 Å². The Morgan fingerprint density at radius 3 is 2.24 bits per heavy atom. The Morgan fingerprint density at radius 1 is 1.41 bits per heavy atom. The van der Waals surface area contributed by atoms with Crippen LogP contribution >= 0.6 is 15.9 Å². The third-order valence-corrected chi connectivity index (χ3v) is 2.78. The molecule has 0 unspecified atom stereocenters. The van der Waals surface area contributed by atoms with Gasteiger partial charge in [0.2, 0.25) is 0 Å². The van der Waals surface area contributed by atoms with Gasteiger partial charge in [0, 0.05) is 17.1 Å². The summed E-state index contributed by atoms with van der Waals surface area (Å²) in [4.78, 5) is 10.8. The monoisotopic (exact) mass is 334 g/mol. The molecule has 2 aromatic carbocycles. The summed E-state index contributed by atoms with van der Waals surface area (Å²) in [6, 6.07) is 13.8. The third kappa shape index (κ3) is 6.02. The molecule has 0 spiro atoms. The van der Waals surface area contributed by atoms with Gasteiger partial charge in [-0.25, -0.2) is 6.07 Å². The normalized spacial score (nSPS) is 8.88. The summed E-state index contributed by atoms with van der Waals surface area (Å²) in [6.45, 7) is 3.67. The van der Waals surface area contributed by atoms with Gasteiger partial charge in [-0.2, -0.15) is 17.7 Å². The van der Waals surface area contributed by atoms with Crippen LogP contribution in [0.25, 0.3) is 0 Å². The van der Waals surface area contributed by atoms with Crippen molar-refractivity contribution in [1.29, 1.82) is 0 Å². The summed E-state index contributed by atoms with van der Waals surface area (Å²) in [6.07, 6.45) is 1.01. The van der Waals surface area contributed by atoms with Gasteiger partial charge >= 0.3 is 0 Å². The predicted octanol–water partition coefficient (Wildman–Crippen LogP) is 4.34. The van der Waals surface area contributed by atoms with E-state index in [1.807, 2.05) is 42.5 Å². The summed E-state index contributed by atoms with van der Waals surface area (Å²) in [5.41, 5.74) is 2.07. The topological polar surface area (TPSA) is 17.1 Å². The SMILES string of the molecule is Br[c-]1[cH-][cH-][cH-][cH-]1.CC[c-]1ccc(C(C)=O)c1.[Fe]. The van der Waals surface area contributed by atoms with Crippen molar-refractivity contribution in [2.24, 2.45) is 0 Å². The van der Waals surface area contributed by atoms with Crippen molar-refractivity contribution in [3.8, 4) is 0 Å². The smallest absolute Gasteiger partial charge is 0.0945 e. The maximum atomic E-state index is 10.8. The average Bonchev–Trinajstić information content (AvgIpc) is 2.88. The van der Waals surface area contributed by atoms with Crippen molar-refractivity contribution in [3.05, 3.63) is 58.1 Å². The number of aryl methyl sites for hydroxylation is 1. The van der Waals surface area contributed by atoms with Crippen molar-refractivity contribution in [1.82, 2.24) is 0 Å². The minimum atomic E-state index is 0. The first-order valence-corrected chi connectivity index (χ1v) is 6.06. The Balaban J connectivity index is 0.000000316. The van der Waals surface area contributed by atoms with E-state index in [-0.39, 0.29) is 22.9 Å². The van der Waals surface area contributed by atoms with E-state index in [0.29, 0.717) is 0 Å². The van der Waals surface area contributed by atoms with Crippen LogP contribution in [0.1, 0.15) is 29.8 Å². The van der Waals surface area contributed by atoms with Gasteiger partial charge in [0.1, 0.15) is 0 Å². The number of halogens is 1. The largest absolute Gasteiger partial charge is 0.747 e. The average molecular weight is 335 g/mol. The van der Waals surface area contributed by atoms with Gasteiger partial charge in [0.05, 0.1) is 5.78 Å². The minimum absolute atomic E-state index is 0. The molecule has 0 bridgehead atoms. The van der Waals surface area contributed by atoms with Gasteiger partial charge in [0.25, 0.3) is 0 Å². The van der Waals surface area contributed by atoms with Gasteiger partial charge in [0.15, 0.2) is 0 Å². The number of carbonyl (C=O) groups is 1. The molecule has 0 aromatic heterocycles. The predicted molar refractivity (Wildman–Crippen MR) is 71.2 cm³/mol. The van der Waals surface area contributed by atoms with Crippen LogP contribution in [0.3, 0.4) is 0 Å². The van der Waals surface area contributed by atoms with E-state index < -0.39 is 0 Å². The van der Waals surface area contributed by atoms with Crippen LogP contribution in [0.4, 0.5) is 0 Å². The molecule has 0 saturated heterocycles. The molecule has 0 aliphatic carbocycles. The van der Waals surface area contributed by atoms with Crippen LogP contribution in [0.15, 0.2) is 46.9 Å². The summed E-state index contributed by atoms with van der Waals surface area (Å²) >= 11 is 3.28. The fourth-order valence-corrected chi connectivity index (χ4v) is 1.59. The molecule has 0 amide bonds. The first-order valence-electron chi connectivity index (χ1n) is 5.27. The van der Waals surface area contributed by atoms with Gasteiger partial charge in [-0.05, 0) is 6.92 Å². The van der Waals surface area contributed by atoms with Gasteiger partial charge < -0.3 is 49.5 Å². The van der Waals surface area contributed by atoms with Crippen LogP contribution in [-0.2, 0) is 23.5 Å². The number of rotatable bonds is 2. The van der Waals surface area contributed by atoms with Crippen LogP contribution in [0.2, 0.25) is 0 Å². The van der Waals surface area contributed by atoms with E-state index in [1.54, 1.807) is 6.92 Å². The zero-order chi connectivity index (χ0) is 12.0. The van der Waals surface area contributed by atoms with Crippen molar-refractivity contribution < 1.29 is 21.9 Å². The number of hydrogen-bond acceptors (Lipinski definition) is 1. The van der Waals surface area contributed by atoms with Crippen LogP contribution < -0.4 is 0 Å². The first-order chi connectivity index (χ1) is 7.63. The quantitative estimate of drug-likeness (QED) is 0.453. The van der Waals surface area contributed by atoms with E-state index in [4.69, 9.17) is 0 Å². The maximum Gasteiger partial charge on any atom is 0.0945 e. The molecule has 0 N–H and O–H groups in total. The molecule has 98 valence electrons. The second-order valence-electron chi connectivity index (χ2n) is 3.52. The van der Waals surface area contributed by atoms with Crippen molar-refractivity contribution >= 4 is 21.7 Å².